The summed E-state index contributed by atoms with van der Waals surface area (Å²) >= 11 is 0. The molecule has 6 heavy (non-hydrogen) atoms. The molecule has 0 amide bonds. The Hall–Kier alpha value is 0.0869. The fourth-order valence-corrected chi connectivity index (χ4v) is 1.99. The Balaban J connectivity index is 2.26. The van der Waals surface area contributed by atoms with Gasteiger partial charge in [-0.1, -0.05) is 12.8 Å². The first-order valence-corrected chi connectivity index (χ1v) is 4.13. The number of hydrogen-bond acceptors (Lipinski definition) is 0. The van der Waals surface area contributed by atoms with Gasteiger partial charge in [0.1, 0.15) is 0 Å². The lowest BCUT2D eigenvalue weighted by molar-refractivity contribution is 0.834. The van der Waals surface area contributed by atoms with E-state index in [0.29, 0.717) is 0 Å². The monoisotopic (exact) mass is 98.1 g/mol. The van der Waals surface area contributed by atoms with E-state index in [2.05, 4.69) is 5.67 Å². The van der Waals surface area contributed by atoms with Gasteiger partial charge in [-0.2, -0.15) is 0 Å². The van der Waals surface area contributed by atoms with E-state index in [1.807, 2.05) is 0 Å². The van der Waals surface area contributed by atoms with Gasteiger partial charge >= 0.3 is 0 Å². The molecule has 34 valence electrons. The van der Waals surface area contributed by atoms with Crippen LogP contribution >= 0.6 is 0 Å². The van der Waals surface area contributed by atoms with Gasteiger partial charge in [0.05, 0.1) is 0 Å². The van der Waals surface area contributed by atoms with Gasteiger partial charge in [-0.05, 0) is 21.6 Å². The molecule has 0 atom stereocenters. The first-order valence-electron chi connectivity index (χ1n) is 2.65. The first kappa shape index (κ1) is 4.25. The largest absolute Gasteiger partial charge is 0.106 e. The van der Waals surface area contributed by atoms with Crippen LogP contribution in [0, 0.1) is 0 Å². The van der Waals surface area contributed by atoms with Crippen molar-refractivity contribution in [2.45, 2.75) is 25.3 Å². The van der Waals surface area contributed by atoms with Crippen LogP contribution < -0.4 is 0 Å². The average Bonchev–Trinajstić information content (AvgIpc) is 1.72. The SMILES string of the molecule is C1=[SiH]CCCC1. The lowest BCUT2D eigenvalue weighted by atomic mass is 10.3. The van der Waals surface area contributed by atoms with Crippen LogP contribution in [-0.2, 0) is 0 Å². The molecule has 0 aromatic rings. The van der Waals surface area contributed by atoms with Crippen molar-refractivity contribution in [1.29, 1.82) is 0 Å². The lowest BCUT2D eigenvalue weighted by Crippen LogP contribution is -1.91. The second kappa shape index (κ2) is 2.29. The van der Waals surface area contributed by atoms with Gasteiger partial charge in [-0.3, -0.25) is 0 Å². The van der Waals surface area contributed by atoms with E-state index in [-0.39, 0.29) is 0 Å². The zero-order valence-electron chi connectivity index (χ0n) is 3.98. The molecule has 1 heteroatoms. The molecule has 0 aromatic heterocycles. The van der Waals surface area contributed by atoms with Crippen molar-refractivity contribution in [2.24, 2.45) is 0 Å². The molecule has 0 fully saturated rings. The summed E-state index contributed by atoms with van der Waals surface area (Å²) in [4.78, 5) is 0. The Labute approximate surface area is 41.0 Å². The van der Waals surface area contributed by atoms with Gasteiger partial charge in [0.25, 0.3) is 0 Å². The predicted molar refractivity (Wildman–Crippen MR) is 31.9 cm³/mol. The van der Waals surface area contributed by atoms with E-state index in [0.717, 1.165) is 9.13 Å². The van der Waals surface area contributed by atoms with E-state index in [4.69, 9.17) is 0 Å². The highest BCUT2D eigenvalue weighted by Crippen LogP contribution is 1.99. The fourth-order valence-electron chi connectivity index (χ4n) is 0.760. The van der Waals surface area contributed by atoms with Gasteiger partial charge in [-0.15, -0.1) is 5.67 Å². The van der Waals surface area contributed by atoms with E-state index in [1.54, 1.807) is 0 Å². The summed E-state index contributed by atoms with van der Waals surface area (Å²) in [6, 6.07) is 1.53. The molecule has 0 aromatic carbocycles. The highest BCUT2D eigenvalue weighted by molar-refractivity contribution is 6.47. The maximum atomic E-state index is 2.48. The quantitative estimate of drug-likeness (QED) is 0.394. The highest BCUT2D eigenvalue weighted by Gasteiger charge is 1.87. The molecule has 1 aliphatic rings. The van der Waals surface area contributed by atoms with Crippen LogP contribution in [0.15, 0.2) is 0 Å². The molecule has 0 aliphatic carbocycles. The van der Waals surface area contributed by atoms with Crippen molar-refractivity contribution in [1.82, 2.24) is 0 Å². The first-order chi connectivity index (χ1) is 3.00. The van der Waals surface area contributed by atoms with Crippen LogP contribution in [0.1, 0.15) is 19.3 Å². The standard InChI is InChI=1S/C5H10Si/c1-2-4-6-5-3-1/h4,6H,1-3,5H2. The number of hydrogen-bond donors (Lipinski definition) is 0. The van der Waals surface area contributed by atoms with E-state index < -0.39 is 0 Å². The fraction of sp³-hybridized carbons (Fsp3) is 0.800. The van der Waals surface area contributed by atoms with Crippen LogP contribution in [0.4, 0.5) is 0 Å². The molecule has 1 rings (SSSR count). The molecule has 1 aliphatic heterocycles. The Morgan fingerprint density at radius 2 is 2.33 bits per heavy atom. The Morgan fingerprint density at radius 3 is 2.50 bits per heavy atom. The zero-order chi connectivity index (χ0) is 4.24. The zero-order valence-corrected chi connectivity index (χ0v) is 5.14. The van der Waals surface area contributed by atoms with Crippen LogP contribution in [0.25, 0.3) is 0 Å². The van der Waals surface area contributed by atoms with Gasteiger partial charge < -0.3 is 0 Å². The van der Waals surface area contributed by atoms with Crippen LogP contribution in [0.5, 0.6) is 0 Å². The summed E-state index contributed by atoms with van der Waals surface area (Å²) in [6.45, 7) is 0. The van der Waals surface area contributed by atoms with Crippen molar-refractivity contribution in [3.63, 3.8) is 0 Å². The topological polar surface area (TPSA) is 0 Å². The minimum atomic E-state index is 0.780. The maximum Gasteiger partial charge on any atom is -0.0119 e. The van der Waals surface area contributed by atoms with E-state index >= 15 is 0 Å². The third-order valence-corrected chi connectivity index (χ3v) is 2.57. The Bertz CT molecular complexity index is 49.0. The minimum absolute atomic E-state index is 0.780. The molecular formula is C5H10Si. The molecule has 0 saturated heterocycles. The molecule has 0 bridgehead atoms. The van der Waals surface area contributed by atoms with Crippen molar-refractivity contribution in [3.8, 4) is 0 Å². The van der Waals surface area contributed by atoms with Crippen LogP contribution in [0.2, 0.25) is 6.04 Å². The third-order valence-electron chi connectivity index (χ3n) is 1.16. The third kappa shape index (κ3) is 1.05. The molecular weight excluding hydrogens is 88.1 g/mol. The van der Waals surface area contributed by atoms with E-state index in [9.17, 15) is 0 Å². The van der Waals surface area contributed by atoms with Gasteiger partial charge in [0.2, 0.25) is 0 Å². The predicted octanol–water partition coefficient (Wildman–Crippen LogP) is 0.827. The van der Waals surface area contributed by atoms with Gasteiger partial charge in [0.15, 0.2) is 0 Å². The Kier molecular flexibility index (Phi) is 1.62. The smallest absolute Gasteiger partial charge is 0.0119 e. The minimum Gasteiger partial charge on any atom is -0.106 e. The summed E-state index contributed by atoms with van der Waals surface area (Å²) < 4.78 is 0. The normalized spacial score (nSPS) is 21.3. The van der Waals surface area contributed by atoms with Crippen molar-refractivity contribution >= 4 is 14.8 Å². The second-order valence-corrected chi connectivity index (χ2v) is 3.28. The van der Waals surface area contributed by atoms with Crippen LogP contribution in [-0.4, -0.2) is 14.8 Å². The molecule has 0 radical (unpaired) electrons. The number of rotatable bonds is 0. The van der Waals surface area contributed by atoms with Gasteiger partial charge in [0, 0.05) is 0 Å². The van der Waals surface area contributed by atoms with Gasteiger partial charge in [-0.25, -0.2) is 0 Å². The lowest BCUT2D eigenvalue weighted by Gasteiger charge is -1.97. The highest BCUT2D eigenvalue weighted by atomic mass is 28.2. The summed E-state index contributed by atoms with van der Waals surface area (Å²) in [5.41, 5.74) is 2.48. The molecule has 0 unspecified atom stereocenters. The Morgan fingerprint density at radius 1 is 1.33 bits per heavy atom. The molecule has 0 saturated carbocycles. The van der Waals surface area contributed by atoms with Crippen molar-refractivity contribution in [2.75, 3.05) is 0 Å². The van der Waals surface area contributed by atoms with E-state index in [1.165, 1.54) is 25.3 Å². The average molecular weight is 98.2 g/mol. The van der Waals surface area contributed by atoms with Crippen molar-refractivity contribution in [3.05, 3.63) is 0 Å². The molecule has 0 nitrogen and oxygen atoms in total. The molecule has 0 N–H and O–H groups in total. The summed E-state index contributed by atoms with van der Waals surface area (Å²) in [5, 5.41) is 0. The van der Waals surface area contributed by atoms with Crippen LogP contribution in [0.3, 0.4) is 0 Å². The summed E-state index contributed by atoms with van der Waals surface area (Å²) in [5.74, 6) is 0. The maximum absolute atomic E-state index is 2.48. The second-order valence-electron chi connectivity index (χ2n) is 1.76. The van der Waals surface area contributed by atoms with Crippen molar-refractivity contribution < 1.29 is 0 Å². The summed E-state index contributed by atoms with van der Waals surface area (Å²) in [7, 11) is 0.780. The molecule has 0 spiro atoms. The summed E-state index contributed by atoms with van der Waals surface area (Å²) in [6.07, 6.45) is 4.38. The molecule has 1 heterocycles.